The predicted molar refractivity (Wildman–Crippen MR) is 100 cm³/mol. The van der Waals surface area contributed by atoms with Crippen molar-refractivity contribution in [2.75, 3.05) is 43.6 Å². The number of fused-ring (bicyclic) bond motifs is 1. The van der Waals surface area contributed by atoms with Gasteiger partial charge < -0.3 is 15.0 Å². The summed E-state index contributed by atoms with van der Waals surface area (Å²) in [7, 11) is 1.72. The van der Waals surface area contributed by atoms with E-state index < -0.39 is 0 Å². The summed E-state index contributed by atoms with van der Waals surface area (Å²) >= 11 is 0. The van der Waals surface area contributed by atoms with Crippen LogP contribution in [0.25, 0.3) is 0 Å². The summed E-state index contributed by atoms with van der Waals surface area (Å²) in [6.07, 6.45) is 10.7. The summed E-state index contributed by atoms with van der Waals surface area (Å²) in [5.74, 6) is 3.69. The number of hydrogen-bond donors (Lipinski definition) is 1. The molecule has 1 aliphatic heterocycles. The van der Waals surface area contributed by atoms with Crippen molar-refractivity contribution in [3.63, 3.8) is 0 Å². The summed E-state index contributed by atoms with van der Waals surface area (Å²) in [6.45, 7) is 3.23. The van der Waals surface area contributed by atoms with Gasteiger partial charge in [-0.2, -0.15) is 0 Å². The zero-order valence-corrected chi connectivity index (χ0v) is 15.3. The normalized spacial score (nSPS) is 16.9. The van der Waals surface area contributed by atoms with Crippen LogP contribution in [-0.4, -0.2) is 53.3 Å². The van der Waals surface area contributed by atoms with Gasteiger partial charge in [0.15, 0.2) is 0 Å². The monoisotopic (exact) mass is 354 g/mol. The Morgan fingerprint density at radius 2 is 2.08 bits per heavy atom. The molecule has 1 aliphatic carbocycles. The number of ether oxygens (including phenoxy) is 1. The molecule has 1 saturated carbocycles. The lowest BCUT2D eigenvalue weighted by molar-refractivity contribution is 0.210. The van der Waals surface area contributed by atoms with E-state index in [1.807, 2.05) is 6.20 Å². The summed E-state index contributed by atoms with van der Waals surface area (Å²) < 4.78 is 5.18. The molecule has 1 N–H and O–H groups in total. The molecule has 7 nitrogen and oxygen atoms in total. The molecule has 2 aromatic rings. The summed E-state index contributed by atoms with van der Waals surface area (Å²) in [4.78, 5) is 20.7. The lowest BCUT2D eigenvalue weighted by atomic mass is 10.1. The van der Waals surface area contributed by atoms with Gasteiger partial charge in [0.05, 0.1) is 18.5 Å². The number of methoxy groups -OCH3 is 1. The second kappa shape index (κ2) is 7.95. The van der Waals surface area contributed by atoms with Gasteiger partial charge in [-0.25, -0.2) is 15.0 Å². The first-order valence-corrected chi connectivity index (χ1v) is 9.46. The van der Waals surface area contributed by atoms with Gasteiger partial charge in [0.2, 0.25) is 0 Å². The number of hydrogen-bond acceptors (Lipinski definition) is 7. The van der Waals surface area contributed by atoms with Crippen LogP contribution in [0.5, 0.6) is 0 Å². The highest BCUT2D eigenvalue weighted by atomic mass is 16.5. The van der Waals surface area contributed by atoms with E-state index in [1.54, 1.807) is 19.5 Å². The van der Waals surface area contributed by atoms with Crippen LogP contribution in [0, 0.1) is 5.92 Å². The molecule has 0 unspecified atom stereocenters. The Labute approximate surface area is 154 Å². The molecule has 3 heterocycles. The van der Waals surface area contributed by atoms with E-state index >= 15 is 0 Å². The standard InChI is InChI=1S/C19H26N6O/c1-26-11-8-22-19-15-4-9-25(18-13-20-6-7-21-18)10-5-16(15)23-17(24-19)12-14-2-3-14/h6-7,13-14H,2-5,8-12H2,1H3,(H,22,23,24). The molecule has 138 valence electrons. The highest BCUT2D eigenvalue weighted by molar-refractivity contribution is 5.49. The molecule has 2 aliphatic rings. The van der Waals surface area contributed by atoms with Crippen molar-refractivity contribution in [1.82, 2.24) is 19.9 Å². The molecule has 0 spiro atoms. The van der Waals surface area contributed by atoms with Crippen LogP contribution in [0.15, 0.2) is 18.6 Å². The minimum Gasteiger partial charge on any atom is -0.383 e. The first-order chi connectivity index (χ1) is 12.8. The second-order valence-corrected chi connectivity index (χ2v) is 7.03. The summed E-state index contributed by atoms with van der Waals surface area (Å²) in [5, 5.41) is 3.47. The van der Waals surface area contributed by atoms with Crippen molar-refractivity contribution in [3.8, 4) is 0 Å². The largest absolute Gasteiger partial charge is 0.383 e. The lowest BCUT2D eigenvalue weighted by Crippen LogP contribution is -2.27. The van der Waals surface area contributed by atoms with Crippen LogP contribution in [0.3, 0.4) is 0 Å². The maximum atomic E-state index is 5.18. The molecule has 0 atom stereocenters. The van der Waals surface area contributed by atoms with Gasteiger partial charge in [-0.3, -0.25) is 4.98 Å². The number of aromatic nitrogens is 4. The van der Waals surface area contributed by atoms with Crippen molar-refractivity contribution in [1.29, 1.82) is 0 Å². The number of nitrogens with zero attached hydrogens (tertiary/aromatic N) is 5. The highest BCUT2D eigenvalue weighted by Gasteiger charge is 2.25. The van der Waals surface area contributed by atoms with Gasteiger partial charge in [-0.05, 0) is 25.2 Å². The van der Waals surface area contributed by atoms with Gasteiger partial charge >= 0.3 is 0 Å². The van der Waals surface area contributed by atoms with Crippen LogP contribution in [0.4, 0.5) is 11.6 Å². The maximum Gasteiger partial charge on any atom is 0.147 e. The Balaban J connectivity index is 1.56. The fraction of sp³-hybridized carbons (Fsp3) is 0.579. The molecular weight excluding hydrogens is 328 g/mol. The molecular formula is C19H26N6O. The predicted octanol–water partition coefficient (Wildman–Crippen LogP) is 1.88. The molecule has 7 heteroatoms. The average molecular weight is 354 g/mol. The van der Waals surface area contributed by atoms with E-state index in [-0.39, 0.29) is 0 Å². The van der Waals surface area contributed by atoms with Crippen LogP contribution < -0.4 is 10.2 Å². The maximum absolute atomic E-state index is 5.18. The van der Waals surface area contributed by atoms with Gasteiger partial charge in [-0.15, -0.1) is 0 Å². The van der Waals surface area contributed by atoms with Crippen molar-refractivity contribution >= 4 is 11.6 Å². The van der Waals surface area contributed by atoms with E-state index in [0.29, 0.717) is 6.61 Å². The highest BCUT2D eigenvalue weighted by Crippen LogP contribution is 2.33. The lowest BCUT2D eigenvalue weighted by Gasteiger charge is -2.20. The Kier molecular flexibility index (Phi) is 5.24. The quantitative estimate of drug-likeness (QED) is 0.761. The fourth-order valence-electron chi connectivity index (χ4n) is 3.42. The second-order valence-electron chi connectivity index (χ2n) is 7.03. The third-order valence-electron chi connectivity index (χ3n) is 5.03. The molecule has 0 amide bonds. The van der Waals surface area contributed by atoms with Crippen molar-refractivity contribution in [3.05, 3.63) is 35.7 Å². The molecule has 0 aromatic carbocycles. The molecule has 0 saturated heterocycles. The fourth-order valence-corrected chi connectivity index (χ4v) is 3.42. The van der Waals surface area contributed by atoms with E-state index in [1.165, 1.54) is 24.1 Å². The van der Waals surface area contributed by atoms with Crippen molar-refractivity contribution < 1.29 is 4.74 Å². The van der Waals surface area contributed by atoms with Crippen molar-refractivity contribution in [2.24, 2.45) is 5.92 Å². The first-order valence-electron chi connectivity index (χ1n) is 9.46. The van der Waals surface area contributed by atoms with Gasteiger partial charge in [0, 0.05) is 57.5 Å². The minimum atomic E-state index is 0.669. The Hall–Kier alpha value is -2.28. The van der Waals surface area contributed by atoms with Gasteiger partial charge in [0.25, 0.3) is 0 Å². The molecule has 4 rings (SSSR count). The third kappa shape index (κ3) is 4.09. The molecule has 2 aromatic heterocycles. The Bertz CT molecular complexity index is 734. The summed E-state index contributed by atoms with van der Waals surface area (Å²) in [6, 6.07) is 0. The van der Waals surface area contributed by atoms with E-state index in [4.69, 9.17) is 14.7 Å². The first kappa shape index (κ1) is 17.1. The smallest absolute Gasteiger partial charge is 0.147 e. The SMILES string of the molecule is COCCNc1nc(CC2CC2)nc2c1CCN(c1cnccn1)CC2. The molecule has 0 radical (unpaired) electrons. The zero-order chi connectivity index (χ0) is 17.8. The number of anilines is 2. The van der Waals surface area contributed by atoms with E-state index in [9.17, 15) is 0 Å². The summed E-state index contributed by atoms with van der Waals surface area (Å²) in [5.41, 5.74) is 2.42. The van der Waals surface area contributed by atoms with E-state index in [0.717, 1.165) is 62.3 Å². The number of nitrogens with one attached hydrogen (secondary N) is 1. The Morgan fingerprint density at radius 3 is 2.85 bits per heavy atom. The average Bonchev–Trinajstić information content (AvgIpc) is 3.49. The van der Waals surface area contributed by atoms with Gasteiger partial charge in [0.1, 0.15) is 17.5 Å². The van der Waals surface area contributed by atoms with Crippen LogP contribution in [0.2, 0.25) is 0 Å². The zero-order valence-electron chi connectivity index (χ0n) is 15.3. The van der Waals surface area contributed by atoms with Crippen LogP contribution in [-0.2, 0) is 24.0 Å². The van der Waals surface area contributed by atoms with E-state index in [2.05, 4.69) is 20.2 Å². The topological polar surface area (TPSA) is 76.1 Å². The minimum absolute atomic E-state index is 0.669. The number of rotatable bonds is 7. The molecule has 0 bridgehead atoms. The van der Waals surface area contributed by atoms with Crippen molar-refractivity contribution in [2.45, 2.75) is 32.1 Å². The molecule has 26 heavy (non-hydrogen) atoms. The van der Waals surface area contributed by atoms with Crippen LogP contribution >= 0.6 is 0 Å². The molecule has 1 fully saturated rings. The van der Waals surface area contributed by atoms with Crippen LogP contribution in [0.1, 0.15) is 29.9 Å². The van der Waals surface area contributed by atoms with Gasteiger partial charge in [-0.1, -0.05) is 0 Å². The Morgan fingerprint density at radius 1 is 1.19 bits per heavy atom. The third-order valence-corrected chi connectivity index (χ3v) is 5.03.